The minimum Gasteiger partial charge on any atom is -0.392 e. The van der Waals surface area contributed by atoms with Gasteiger partial charge in [0.1, 0.15) is 0 Å². The molecule has 1 aromatic rings. The van der Waals surface area contributed by atoms with Crippen LogP contribution in [0, 0.1) is 0 Å². The van der Waals surface area contributed by atoms with E-state index in [1.807, 2.05) is 13.8 Å². The fraction of sp³-hybridized carbons (Fsp3) is 0.333. The summed E-state index contributed by atoms with van der Waals surface area (Å²) in [7, 11) is 0. The third-order valence-corrected chi connectivity index (χ3v) is 3.07. The fourth-order valence-electron chi connectivity index (χ4n) is 1.44. The van der Waals surface area contributed by atoms with Crippen LogP contribution in [0.2, 0.25) is 10.0 Å². The van der Waals surface area contributed by atoms with E-state index >= 15 is 0 Å². The lowest BCUT2D eigenvalue weighted by Gasteiger charge is -2.26. The topological polar surface area (TPSA) is 58.4 Å². The smallest absolute Gasteiger partial charge is 0.322 e. The first-order valence-corrected chi connectivity index (χ1v) is 6.78. The quantitative estimate of drug-likeness (QED) is 0.835. The normalized spacial score (nSPS) is 10.4. The minimum absolute atomic E-state index is 0.0422. The standard InChI is InChI=1S/C12H15Cl2N3OS/c1-7(2)17(6-11(15)19)12(18)16-10-5-8(13)3-4-9(10)14/h3-5,7H,6H2,1-2H3,(H2,15,19)(H,16,18). The average molecular weight is 320 g/mol. The van der Waals surface area contributed by atoms with Crippen molar-refractivity contribution in [2.24, 2.45) is 5.73 Å². The van der Waals surface area contributed by atoms with Crippen molar-refractivity contribution in [2.75, 3.05) is 11.9 Å². The number of carbonyl (C=O) groups excluding carboxylic acids is 1. The van der Waals surface area contributed by atoms with E-state index in [4.69, 9.17) is 41.2 Å². The molecule has 0 unspecified atom stereocenters. The number of hydrogen-bond donors (Lipinski definition) is 2. The molecule has 4 nitrogen and oxygen atoms in total. The molecule has 0 atom stereocenters. The maximum absolute atomic E-state index is 12.2. The van der Waals surface area contributed by atoms with Crippen molar-refractivity contribution in [3.63, 3.8) is 0 Å². The van der Waals surface area contributed by atoms with Crippen molar-refractivity contribution >= 4 is 52.1 Å². The number of halogens is 2. The zero-order valence-corrected chi connectivity index (χ0v) is 12.9. The Balaban J connectivity index is 2.87. The average Bonchev–Trinajstić information content (AvgIpc) is 2.30. The van der Waals surface area contributed by atoms with Gasteiger partial charge >= 0.3 is 6.03 Å². The van der Waals surface area contributed by atoms with Gasteiger partial charge in [0, 0.05) is 11.1 Å². The van der Waals surface area contributed by atoms with E-state index in [1.165, 1.54) is 4.90 Å². The number of thiocarbonyl (C=S) groups is 1. The molecule has 0 aromatic heterocycles. The highest BCUT2D eigenvalue weighted by Gasteiger charge is 2.18. The van der Waals surface area contributed by atoms with Crippen molar-refractivity contribution in [3.05, 3.63) is 28.2 Å². The van der Waals surface area contributed by atoms with E-state index < -0.39 is 0 Å². The van der Waals surface area contributed by atoms with E-state index in [0.717, 1.165) is 0 Å². The first-order chi connectivity index (χ1) is 8.81. The monoisotopic (exact) mass is 319 g/mol. The summed E-state index contributed by atoms with van der Waals surface area (Å²) in [5.74, 6) is 0. The van der Waals surface area contributed by atoms with Gasteiger partial charge in [0.05, 0.1) is 22.2 Å². The maximum atomic E-state index is 12.2. The molecule has 1 rings (SSSR count). The molecular weight excluding hydrogens is 305 g/mol. The van der Waals surface area contributed by atoms with Crippen molar-refractivity contribution in [1.82, 2.24) is 4.90 Å². The molecule has 19 heavy (non-hydrogen) atoms. The Kier molecular flexibility index (Phi) is 5.85. The summed E-state index contributed by atoms with van der Waals surface area (Å²) < 4.78 is 0. The van der Waals surface area contributed by atoms with Gasteiger partial charge in [0.2, 0.25) is 0 Å². The molecule has 0 aliphatic heterocycles. The molecule has 7 heteroatoms. The van der Waals surface area contributed by atoms with Crippen LogP contribution in [0.5, 0.6) is 0 Å². The largest absolute Gasteiger partial charge is 0.392 e. The lowest BCUT2D eigenvalue weighted by atomic mass is 10.3. The lowest BCUT2D eigenvalue weighted by molar-refractivity contribution is 0.206. The van der Waals surface area contributed by atoms with E-state index in [1.54, 1.807) is 18.2 Å². The van der Waals surface area contributed by atoms with Gasteiger partial charge in [-0.25, -0.2) is 4.79 Å². The van der Waals surface area contributed by atoms with Crippen molar-refractivity contribution in [3.8, 4) is 0 Å². The van der Waals surface area contributed by atoms with Gasteiger partial charge in [0.25, 0.3) is 0 Å². The summed E-state index contributed by atoms with van der Waals surface area (Å²) in [6.45, 7) is 3.95. The van der Waals surface area contributed by atoms with Crippen LogP contribution in [0.4, 0.5) is 10.5 Å². The van der Waals surface area contributed by atoms with Gasteiger partial charge in [0.15, 0.2) is 0 Å². The number of rotatable bonds is 4. The summed E-state index contributed by atoms with van der Waals surface area (Å²) in [4.78, 5) is 13.9. The molecular formula is C12H15Cl2N3OS. The number of nitrogens with one attached hydrogen (secondary N) is 1. The SMILES string of the molecule is CC(C)N(CC(N)=S)C(=O)Nc1cc(Cl)ccc1Cl. The van der Waals surface area contributed by atoms with Gasteiger partial charge < -0.3 is 16.0 Å². The van der Waals surface area contributed by atoms with Crippen LogP contribution in [0.3, 0.4) is 0 Å². The highest BCUT2D eigenvalue weighted by atomic mass is 35.5. The lowest BCUT2D eigenvalue weighted by Crippen LogP contribution is -2.44. The van der Waals surface area contributed by atoms with Crippen LogP contribution in [0.1, 0.15) is 13.8 Å². The van der Waals surface area contributed by atoms with Crippen LogP contribution >= 0.6 is 35.4 Å². The number of nitrogens with zero attached hydrogens (tertiary/aromatic N) is 1. The van der Waals surface area contributed by atoms with Crippen molar-refractivity contribution in [2.45, 2.75) is 19.9 Å². The third-order valence-electron chi connectivity index (χ3n) is 2.38. The predicted molar refractivity (Wildman–Crippen MR) is 84.1 cm³/mol. The van der Waals surface area contributed by atoms with E-state index in [2.05, 4.69) is 5.32 Å². The molecule has 0 saturated heterocycles. The molecule has 0 spiro atoms. The summed E-state index contributed by atoms with van der Waals surface area (Å²) in [5.41, 5.74) is 5.93. The van der Waals surface area contributed by atoms with Crippen LogP contribution < -0.4 is 11.1 Å². The number of benzene rings is 1. The Bertz CT molecular complexity index is 494. The molecule has 1 aromatic carbocycles. The van der Waals surface area contributed by atoms with Crippen LogP contribution in [-0.4, -0.2) is 28.5 Å². The molecule has 0 aliphatic rings. The first-order valence-electron chi connectivity index (χ1n) is 5.62. The summed E-state index contributed by atoms with van der Waals surface area (Å²) in [5, 5.41) is 3.60. The number of carbonyl (C=O) groups is 1. The number of amides is 2. The van der Waals surface area contributed by atoms with Gasteiger partial charge in [-0.2, -0.15) is 0 Å². The molecule has 2 amide bonds. The Hall–Kier alpha value is -1.04. The first kappa shape index (κ1) is 16.0. The van der Waals surface area contributed by atoms with Gasteiger partial charge in [-0.15, -0.1) is 0 Å². The highest BCUT2D eigenvalue weighted by molar-refractivity contribution is 7.80. The van der Waals surface area contributed by atoms with Crippen LogP contribution in [0.15, 0.2) is 18.2 Å². The van der Waals surface area contributed by atoms with Crippen molar-refractivity contribution in [1.29, 1.82) is 0 Å². The third kappa shape index (κ3) is 4.86. The molecule has 0 heterocycles. The number of nitrogens with two attached hydrogens (primary N) is 1. The Morgan fingerprint density at radius 2 is 2.11 bits per heavy atom. The van der Waals surface area contributed by atoms with Crippen molar-refractivity contribution < 1.29 is 4.79 Å². The highest BCUT2D eigenvalue weighted by Crippen LogP contribution is 2.25. The Morgan fingerprint density at radius 1 is 1.47 bits per heavy atom. The number of anilines is 1. The second kappa shape index (κ2) is 6.93. The molecule has 104 valence electrons. The predicted octanol–water partition coefficient (Wildman–Crippen LogP) is 3.52. The molecule has 0 aliphatic carbocycles. The Labute approximate surface area is 127 Å². The van der Waals surface area contributed by atoms with E-state index in [9.17, 15) is 4.79 Å². The van der Waals surface area contributed by atoms with Crippen LogP contribution in [0.25, 0.3) is 0 Å². The number of hydrogen-bond acceptors (Lipinski definition) is 2. The van der Waals surface area contributed by atoms with Gasteiger partial charge in [-0.3, -0.25) is 0 Å². The van der Waals surface area contributed by atoms with E-state index in [0.29, 0.717) is 15.7 Å². The summed E-state index contributed by atoms with van der Waals surface area (Å²) in [6, 6.07) is 4.48. The zero-order chi connectivity index (χ0) is 14.6. The summed E-state index contributed by atoms with van der Waals surface area (Å²) in [6.07, 6.45) is 0. The van der Waals surface area contributed by atoms with E-state index in [-0.39, 0.29) is 23.6 Å². The zero-order valence-electron chi connectivity index (χ0n) is 10.6. The summed E-state index contributed by atoms with van der Waals surface area (Å²) >= 11 is 16.7. The fourth-order valence-corrected chi connectivity index (χ4v) is 1.91. The maximum Gasteiger partial charge on any atom is 0.322 e. The molecule has 0 bridgehead atoms. The van der Waals surface area contributed by atoms with Gasteiger partial charge in [-0.1, -0.05) is 35.4 Å². The molecule has 0 saturated carbocycles. The second-order valence-electron chi connectivity index (χ2n) is 4.24. The minimum atomic E-state index is -0.327. The van der Waals surface area contributed by atoms with Crippen LogP contribution in [-0.2, 0) is 0 Å². The Morgan fingerprint density at radius 3 is 2.63 bits per heavy atom. The molecule has 0 fully saturated rings. The molecule has 0 radical (unpaired) electrons. The number of urea groups is 1. The second-order valence-corrected chi connectivity index (χ2v) is 5.61. The van der Waals surface area contributed by atoms with Gasteiger partial charge in [-0.05, 0) is 32.0 Å². The molecule has 3 N–H and O–H groups in total.